The maximum Gasteiger partial charge on any atom is 0.337 e. The molecule has 4 rings (SSSR count). The van der Waals surface area contributed by atoms with Gasteiger partial charge in [-0.2, -0.15) is 0 Å². The fraction of sp³-hybridized carbons (Fsp3) is 0.286. The Morgan fingerprint density at radius 1 is 1.25 bits per heavy atom. The Labute approximate surface area is 163 Å². The van der Waals surface area contributed by atoms with Crippen LogP contribution in [-0.4, -0.2) is 41.2 Å². The van der Waals surface area contributed by atoms with Gasteiger partial charge in [0.15, 0.2) is 6.23 Å². The number of hydrogen-bond acceptors (Lipinski definition) is 6. The first-order chi connectivity index (χ1) is 13.6. The van der Waals surface area contributed by atoms with Crippen LogP contribution in [0.2, 0.25) is 0 Å². The molecule has 2 heterocycles. The van der Waals surface area contributed by atoms with Crippen molar-refractivity contribution in [3.63, 3.8) is 0 Å². The summed E-state index contributed by atoms with van der Waals surface area (Å²) < 4.78 is 12.4. The molecule has 1 saturated heterocycles. The van der Waals surface area contributed by atoms with E-state index >= 15 is 0 Å². The predicted octanol–water partition coefficient (Wildman–Crippen LogP) is 2.96. The van der Waals surface area contributed by atoms with Crippen molar-refractivity contribution in [1.29, 1.82) is 0 Å². The van der Waals surface area contributed by atoms with E-state index in [1.807, 2.05) is 18.3 Å². The third-order valence-electron chi connectivity index (χ3n) is 4.75. The van der Waals surface area contributed by atoms with Gasteiger partial charge in [-0.05, 0) is 42.3 Å². The molecule has 7 nitrogen and oxygen atoms in total. The van der Waals surface area contributed by atoms with Gasteiger partial charge in [-0.3, -0.25) is 0 Å². The van der Waals surface area contributed by atoms with Gasteiger partial charge < -0.3 is 14.4 Å². The van der Waals surface area contributed by atoms with Gasteiger partial charge in [0.25, 0.3) is 0 Å². The Morgan fingerprint density at radius 3 is 2.82 bits per heavy atom. The van der Waals surface area contributed by atoms with Crippen molar-refractivity contribution in [2.24, 2.45) is 0 Å². The summed E-state index contributed by atoms with van der Waals surface area (Å²) >= 11 is 0. The van der Waals surface area contributed by atoms with Crippen LogP contribution >= 0.6 is 0 Å². The number of aryl methyl sites for hydroxylation is 1. The van der Waals surface area contributed by atoms with Crippen molar-refractivity contribution in [3.05, 3.63) is 77.1 Å². The number of anilines is 1. The lowest BCUT2D eigenvalue weighted by atomic mass is 10.1. The number of benzene rings is 2. The SMILES string of the molecule is COC(=O)c1ccc(Cn2cc([C@@H]3OCCN3c3cccc(C)c3)nn2)cc1. The average Bonchev–Trinajstić information content (AvgIpc) is 3.37. The molecule has 0 N–H and O–H groups in total. The standard InChI is InChI=1S/C21H22N4O3/c1-15-4-3-5-18(12-15)25-10-11-28-20(25)19-14-24(23-22-19)13-16-6-8-17(9-7-16)21(26)27-2/h3-9,12,14,20H,10-11,13H2,1-2H3/t20-/m0/s1. The number of hydrogen-bond donors (Lipinski definition) is 0. The van der Waals surface area contributed by atoms with Crippen molar-refractivity contribution in [2.45, 2.75) is 19.7 Å². The molecule has 1 aromatic heterocycles. The molecule has 0 aliphatic carbocycles. The topological polar surface area (TPSA) is 69.5 Å². The predicted molar refractivity (Wildman–Crippen MR) is 104 cm³/mol. The number of aromatic nitrogens is 3. The molecule has 0 bridgehead atoms. The molecule has 1 aliphatic heterocycles. The highest BCUT2D eigenvalue weighted by Crippen LogP contribution is 2.31. The second-order valence-electron chi connectivity index (χ2n) is 6.79. The van der Waals surface area contributed by atoms with Crippen molar-refractivity contribution in [1.82, 2.24) is 15.0 Å². The largest absolute Gasteiger partial charge is 0.465 e. The monoisotopic (exact) mass is 378 g/mol. The lowest BCUT2D eigenvalue weighted by molar-refractivity contribution is 0.0600. The van der Waals surface area contributed by atoms with Gasteiger partial charge in [0.1, 0.15) is 5.69 Å². The van der Waals surface area contributed by atoms with Crippen LogP contribution in [0.15, 0.2) is 54.7 Å². The highest BCUT2D eigenvalue weighted by atomic mass is 16.5. The van der Waals surface area contributed by atoms with Crippen LogP contribution in [0.4, 0.5) is 5.69 Å². The van der Waals surface area contributed by atoms with E-state index in [0.717, 1.165) is 23.5 Å². The van der Waals surface area contributed by atoms with Crippen molar-refractivity contribution < 1.29 is 14.3 Å². The summed E-state index contributed by atoms with van der Waals surface area (Å²) in [5.74, 6) is -0.343. The Kier molecular flexibility index (Phi) is 5.08. The Morgan fingerprint density at radius 2 is 2.07 bits per heavy atom. The van der Waals surface area contributed by atoms with Gasteiger partial charge in [0.05, 0.1) is 32.0 Å². The van der Waals surface area contributed by atoms with Crippen LogP contribution in [-0.2, 0) is 16.0 Å². The summed E-state index contributed by atoms with van der Waals surface area (Å²) in [6, 6.07) is 15.6. The molecule has 1 aliphatic rings. The molecule has 0 saturated carbocycles. The van der Waals surface area contributed by atoms with Crippen LogP contribution < -0.4 is 4.90 Å². The average molecular weight is 378 g/mol. The first kappa shape index (κ1) is 18.2. The van der Waals surface area contributed by atoms with E-state index in [-0.39, 0.29) is 12.2 Å². The number of carbonyl (C=O) groups excluding carboxylic acids is 1. The summed E-state index contributed by atoms with van der Waals surface area (Å²) in [6.45, 7) is 4.11. The van der Waals surface area contributed by atoms with Gasteiger partial charge in [-0.1, -0.05) is 29.5 Å². The van der Waals surface area contributed by atoms with Crippen LogP contribution in [0.3, 0.4) is 0 Å². The summed E-state index contributed by atoms with van der Waals surface area (Å²) in [5.41, 5.74) is 4.66. The molecular weight excluding hydrogens is 356 g/mol. The molecule has 0 amide bonds. The van der Waals surface area contributed by atoms with Crippen molar-refractivity contribution in [2.75, 3.05) is 25.2 Å². The number of ether oxygens (including phenoxy) is 2. The van der Waals surface area contributed by atoms with E-state index in [4.69, 9.17) is 9.47 Å². The smallest absolute Gasteiger partial charge is 0.337 e. The Hall–Kier alpha value is -3.19. The molecule has 1 atom stereocenters. The lowest BCUT2D eigenvalue weighted by Gasteiger charge is -2.23. The van der Waals surface area contributed by atoms with E-state index in [2.05, 4.69) is 46.4 Å². The first-order valence-electron chi connectivity index (χ1n) is 9.16. The summed E-state index contributed by atoms with van der Waals surface area (Å²) in [5, 5.41) is 8.57. The van der Waals surface area contributed by atoms with Crippen LogP contribution in [0.25, 0.3) is 0 Å². The van der Waals surface area contributed by atoms with Gasteiger partial charge in [-0.15, -0.1) is 5.10 Å². The minimum absolute atomic E-state index is 0.239. The maximum atomic E-state index is 11.5. The molecule has 144 valence electrons. The first-order valence-corrected chi connectivity index (χ1v) is 9.16. The molecule has 3 aromatic rings. The minimum Gasteiger partial charge on any atom is -0.465 e. The minimum atomic E-state index is -0.343. The zero-order valence-corrected chi connectivity index (χ0v) is 15.9. The number of nitrogens with zero attached hydrogens (tertiary/aromatic N) is 4. The Balaban J connectivity index is 1.48. The molecule has 7 heteroatoms. The van der Waals surface area contributed by atoms with E-state index in [1.54, 1.807) is 16.8 Å². The quantitative estimate of drug-likeness (QED) is 0.636. The van der Waals surface area contributed by atoms with Crippen molar-refractivity contribution >= 4 is 11.7 Å². The second-order valence-corrected chi connectivity index (χ2v) is 6.79. The number of esters is 1. The summed E-state index contributed by atoms with van der Waals surface area (Å²) in [7, 11) is 1.37. The van der Waals surface area contributed by atoms with Gasteiger partial charge >= 0.3 is 5.97 Å². The molecule has 28 heavy (non-hydrogen) atoms. The summed E-state index contributed by atoms with van der Waals surface area (Å²) in [6.07, 6.45) is 1.67. The van der Waals surface area contributed by atoms with Crippen LogP contribution in [0.1, 0.15) is 33.4 Å². The number of methoxy groups -OCH3 is 1. The third kappa shape index (κ3) is 3.75. The molecule has 1 fully saturated rings. The highest BCUT2D eigenvalue weighted by Gasteiger charge is 2.29. The van der Waals surface area contributed by atoms with Gasteiger partial charge in [0, 0.05) is 12.2 Å². The highest BCUT2D eigenvalue weighted by molar-refractivity contribution is 5.89. The molecule has 0 unspecified atom stereocenters. The normalized spacial score (nSPS) is 16.4. The van der Waals surface area contributed by atoms with Crippen LogP contribution in [0, 0.1) is 6.92 Å². The van der Waals surface area contributed by atoms with Crippen molar-refractivity contribution in [3.8, 4) is 0 Å². The molecule has 0 radical (unpaired) electrons. The van der Waals surface area contributed by atoms with E-state index in [0.29, 0.717) is 18.7 Å². The van der Waals surface area contributed by atoms with E-state index in [9.17, 15) is 4.79 Å². The zero-order valence-electron chi connectivity index (χ0n) is 15.9. The Bertz CT molecular complexity index is 968. The maximum absolute atomic E-state index is 11.5. The molecular formula is C21H22N4O3. The number of carbonyl (C=O) groups is 1. The van der Waals surface area contributed by atoms with E-state index < -0.39 is 0 Å². The van der Waals surface area contributed by atoms with Crippen LogP contribution in [0.5, 0.6) is 0 Å². The van der Waals surface area contributed by atoms with Gasteiger partial charge in [-0.25, -0.2) is 9.48 Å². The third-order valence-corrected chi connectivity index (χ3v) is 4.75. The zero-order chi connectivity index (χ0) is 19.5. The molecule has 2 aromatic carbocycles. The fourth-order valence-corrected chi connectivity index (χ4v) is 3.34. The van der Waals surface area contributed by atoms with Gasteiger partial charge in [0.2, 0.25) is 0 Å². The lowest BCUT2D eigenvalue weighted by Crippen LogP contribution is -2.23. The second kappa shape index (κ2) is 7.82. The number of rotatable bonds is 5. The van der Waals surface area contributed by atoms with E-state index in [1.165, 1.54) is 12.7 Å². The fourth-order valence-electron chi connectivity index (χ4n) is 3.34. The summed E-state index contributed by atoms with van der Waals surface area (Å²) in [4.78, 5) is 13.7. The molecule has 0 spiro atoms.